The highest BCUT2D eigenvalue weighted by atomic mass is 19.4. The summed E-state index contributed by atoms with van der Waals surface area (Å²) in [6.07, 6.45) is -1.72. The highest BCUT2D eigenvalue weighted by Gasteiger charge is 2.32. The van der Waals surface area contributed by atoms with Gasteiger partial charge in [-0.1, -0.05) is 0 Å². The van der Waals surface area contributed by atoms with Gasteiger partial charge < -0.3 is 16.0 Å². The van der Waals surface area contributed by atoms with Crippen LogP contribution in [0.25, 0.3) is 22.0 Å². The Balaban J connectivity index is 1.72. The number of alkyl halides is 3. The summed E-state index contributed by atoms with van der Waals surface area (Å²) >= 11 is 0. The Morgan fingerprint density at radius 3 is 2.48 bits per heavy atom. The number of anilines is 1. The first-order valence-electron chi connectivity index (χ1n) is 9.51. The minimum atomic E-state index is -4.66. The lowest BCUT2D eigenvalue weighted by Gasteiger charge is -2.12. The number of H-pyrrole nitrogens is 1. The maximum atomic E-state index is 13.4. The van der Waals surface area contributed by atoms with E-state index in [2.05, 4.69) is 15.4 Å². The zero-order valence-electron chi connectivity index (χ0n) is 17.0. The Bertz CT molecular complexity index is 1470. The van der Waals surface area contributed by atoms with Crippen molar-refractivity contribution in [2.45, 2.75) is 6.18 Å². The third-order valence-electron chi connectivity index (χ3n) is 4.93. The van der Waals surface area contributed by atoms with Crippen molar-refractivity contribution < 1.29 is 22.8 Å². The van der Waals surface area contributed by atoms with Gasteiger partial charge in [-0.3, -0.25) is 19.1 Å². The number of nitrogens with zero attached hydrogens (tertiary/aromatic N) is 2. The Labute approximate surface area is 183 Å². The molecule has 2 aromatic heterocycles. The number of nitrogens with one attached hydrogen (secondary N) is 2. The Kier molecular flexibility index (Phi) is 5.24. The van der Waals surface area contributed by atoms with E-state index in [1.807, 2.05) is 0 Å². The molecule has 0 unspecified atom stereocenters. The van der Waals surface area contributed by atoms with E-state index >= 15 is 0 Å². The number of primary amides is 1. The normalized spacial score (nSPS) is 11.5. The Hall–Kier alpha value is -4.41. The maximum Gasteiger partial charge on any atom is 0.416 e. The number of aromatic nitrogens is 3. The molecular formula is C22H16F3N5O3. The summed E-state index contributed by atoms with van der Waals surface area (Å²) in [7, 11) is 1.63. The molecule has 4 N–H and O–H groups in total. The zero-order chi connectivity index (χ0) is 23.9. The zero-order valence-corrected chi connectivity index (χ0v) is 17.0. The molecule has 0 saturated carbocycles. The van der Waals surface area contributed by atoms with E-state index in [4.69, 9.17) is 5.73 Å². The van der Waals surface area contributed by atoms with E-state index in [0.717, 1.165) is 12.1 Å². The minimum absolute atomic E-state index is 0.185. The fourth-order valence-corrected chi connectivity index (χ4v) is 3.33. The van der Waals surface area contributed by atoms with E-state index in [0.29, 0.717) is 16.5 Å². The average molecular weight is 455 g/mol. The standard InChI is InChI=1S/C22H16F3N5O3/c1-30-10-14(9-27-30)11-4-13(6-15(5-11)22(23,24)25)20(32)28-16-2-3-18-12(7-16)8-17(19(26)31)21(33)29-18/h2-10H,1H3,(H2,26,31)(H,28,32)(H,29,33). The molecule has 8 nitrogen and oxygen atoms in total. The highest BCUT2D eigenvalue weighted by Crippen LogP contribution is 2.33. The molecule has 0 bridgehead atoms. The predicted molar refractivity (Wildman–Crippen MR) is 115 cm³/mol. The van der Waals surface area contributed by atoms with Crippen LogP contribution in [0, 0.1) is 0 Å². The van der Waals surface area contributed by atoms with Crippen LogP contribution in [0.4, 0.5) is 18.9 Å². The van der Waals surface area contributed by atoms with Gasteiger partial charge in [-0.05, 0) is 48.0 Å². The van der Waals surface area contributed by atoms with Gasteiger partial charge in [0, 0.05) is 41.0 Å². The number of rotatable bonds is 4. The first-order chi connectivity index (χ1) is 15.5. The monoisotopic (exact) mass is 455 g/mol. The van der Waals surface area contributed by atoms with Gasteiger partial charge in [0.25, 0.3) is 17.4 Å². The number of halogens is 3. The summed E-state index contributed by atoms with van der Waals surface area (Å²) in [6, 6.07) is 8.75. The summed E-state index contributed by atoms with van der Waals surface area (Å²) in [6.45, 7) is 0. The lowest BCUT2D eigenvalue weighted by molar-refractivity contribution is -0.137. The van der Waals surface area contributed by atoms with Crippen LogP contribution in [0.2, 0.25) is 0 Å². The van der Waals surface area contributed by atoms with Crippen LogP contribution in [-0.4, -0.2) is 26.6 Å². The summed E-state index contributed by atoms with van der Waals surface area (Å²) in [5.74, 6) is -1.69. The van der Waals surface area contributed by atoms with Crippen LogP contribution in [0.15, 0.2) is 59.7 Å². The van der Waals surface area contributed by atoms with E-state index in [1.165, 1.54) is 47.4 Å². The summed E-state index contributed by atoms with van der Waals surface area (Å²) in [5, 5.41) is 6.90. The number of pyridine rings is 1. The average Bonchev–Trinajstić information content (AvgIpc) is 3.18. The number of amides is 2. The van der Waals surface area contributed by atoms with Crippen molar-refractivity contribution in [3.05, 3.63) is 81.9 Å². The van der Waals surface area contributed by atoms with Gasteiger partial charge >= 0.3 is 6.18 Å². The lowest BCUT2D eigenvalue weighted by Crippen LogP contribution is -2.23. The van der Waals surface area contributed by atoms with Gasteiger partial charge in [0.15, 0.2) is 0 Å². The minimum Gasteiger partial charge on any atom is -0.365 e. The molecule has 0 fully saturated rings. The number of aryl methyl sites for hydroxylation is 1. The lowest BCUT2D eigenvalue weighted by atomic mass is 10.0. The summed E-state index contributed by atoms with van der Waals surface area (Å²) in [4.78, 5) is 38.6. The van der Waals surface area contributed by atoms with Gasteiger partial charge in [0.05, 0.1) is 11.8 Å². The van der Waals surface area contributed by atoms with Crippen LogP contribution in [-0.2, 0) is 13.2 Å². The van der Waals surface area contributed by atoms with E-state index in [-0.39, 0.29) is 22.4 Å². The number of aromatic amines is 1. The Morgan fingerprint density at radius 2 is 1.85 bits per heavy atom. The summed E-state index contributed by atoms with van der Waals surface area (Å²) in [5.41, 5.74) is 4.34. The molecule has 0 aliphatic rings. The van der Waals surface area contributed by atoms with Gasteiger partial charge in [-0.25, -0.2) is 0 Å². The number of nitrogens with two attached hydrogens (primary N) is 1. The SMILES string of the molecule is Cn1cc(-c2cc(C(=O)Nc3ccc4[nH]c(=O)c(C(N)=O)cc4c3)cc(C(F)(F)F)c2)cn1. The molecule has 0 radical (unpaired) electrons. The fourth-order valence-electron chi connectivity index (χ4n) is 3.33. The molecule has 2 heterocycles. The fraction of sp³-hybridized carbons (Fsp3) is 0.0909. The predicted octanol–water partition coefficient (Wildman–Crippen LogP) is 3.30. The van der Waals surface area contributed by atoms with E-state index in [1.54, 1.807) is 7.05 Å². The molecule has 0 aliphatic carbocycles. The van der Waals surface area contributed by atoms with Crippen LogP contribution in [0.1, 0.15) is 26.3 Å². The first-order valence-corrected chi connectivity index (χ1v) is 9.51. The molecule has 0 saturated heterocycles. The number of benzene rings is 2. The van der Waals surface area contributed by atoms with Gasteiger partial charge in [0.2, 0.25) is 0 Å². The smallest absolute Gasteiger partial charge is 0.365 e. The van der Waals surface area contributed by atoms with Crippen molar-refractivity contribution in [1.82, 2.24) is 14.8 Å². The van der Waals surface area contributed by atoms with Crippen molar-refractivity contribution in [1.29, 1.82) is 0 Å². The molecule has 168 valence electrons. The molecule has 2 amide bonds. The third kappa shape index (κ3) is 4.47. The second kappa shape index (κ2) is 7.93. The molecule has 2 aromatic carbocycles. The molecule has 11 heteroatoms. The topological polar surface area (TPSA) is 123 Å². The third-order valence-corrected chi connectivity index (χ3v) is 4.93. The highest BCUT2D eigenvalue weighted by molar-refractivity contribution is 6.06. The molecule has 0 aliphatic heterocycles. The van der Waals surface area contributed by atoms with Crippen LogP contribution in [0.3, 0.4) is 0 Å². The Morgan fingerprint density at radius 1 is 1.09 bits per heavy atom. The molecule has 33 heavy (non-hydrogen) atoms. The first kappa shape index (κ1) is 21.8. The number of hydrogen-bond donors (Lipinski definition) is 3. The second-order valence-corrected chi connectivity index (χ2v) is 7.33. The molecule has 0 atom stereocenters. The van der Waals surface area contributed by atoms with Crippen molar-refractivity contribution in [3.8, 4) is 11.1 Å². The van der Waals surface area contributed by atoms with E-state index < -0.39 is 29.1 Å². The molecular weight excluding hydrogens is 439 g/mol. The van der Waals surface area contributed by atoms with Gasteiger partial charge in [-0.15, -0.1) is 0 Å². The molecule has 4 aromatic rings. The largest absolute Gasteiger partial charge is 0.416 e. The quantitative estimate of drug-likeness (QED) is 0.437. The van der Waals surface area contributed by atoms with Crippen LogP contribution in [0.5, 0.6) is 0 Å². The number of carbonyl (C=O) groups is 2. The van der Waals surface area contributed by atoms with Crippen molar-refractivity contribution in [2.24, 2.45) is 12.8 Å². The van der Waals surface area contributed by atoms with Gasteiger partial charge in [0.1, 0.15) is 5.56 Å². The van der Waals surface area contributed by atoms with Crippen LogP contribution >= 0.6 is 0 Å². The van der Waals surface area contributed by atoms with Crippen molar-refractivity contribution in [3.63, 3.8) is 0 Å². The van der Waals surface area contributed by atoms with E-state index in [9.17, 15) is 27.6 Å². The summed E-state index contributed by atoms with van der Waals surface area (Å²) < 4.78 is 41.8. The van der Waals surface area contributed by atoms with Crippen molar-refractivity contribution >= 4 is 28.4 Å². The van der Waals surface area contributed by atoms with Crippen LogP contribution < -0.4 is 16.6 Å². The molecule has 0 spiro atoms. The maximum absolute atomic E-state index is 13.4. The van der Waals surface area contributed by atoms with Gasteiger partial charge in [-0.2, -0.15) is 18.3 Å². The second-order valence-electron chi connectivity index (χ2n) is 7.33. The number of carbonyl (C=O) groups excluding carboxylic acids is 2. The molecule has 4 rings (SSSR count). The van der Waals surface area contributed by atoms with Crippen molar-refractivity contribution in [2.75, 3.05) is 5.32 Å². The number of fused-ring (bicyclic) bond motifs is 1. The number of hydrogen-bond acceptors (Lipinski definition) is 4.